The minimum absolute atomic E-state index is 0.0212. The van der Waals surface area contributed by atoms with Gasteiger partial charge in [0, 0.05) is 22.3 Å². The second-order valence-corrected chi connectivity index (χ2v) is 7.50. The number of hydrogen-bond donors (Lipinski definition) is 3. The number of H-pyrrole nitrogens is 1. The number of nitrogens with one attached hydrogen (secondary N) is 3. The van der Waals surface area contributed by atoms with Gasteiger partial charge >= 0.3 is 0 Å². The average molecular weight is 360 g/mol. The van der Waals surface area contributed by atoms with Gasteiger partial charge in [-0.1, -0.05) is 6.92 Å². The number of Topliss-reactive ketones (excluding diaryl/α,β-unsaturated/α-hetero) is 1. The number of ketones is 1. The van der Waals surface area contributed by atoms with Crippen LogP contribution < -0.4 is 10.6 Å². The summed E-state index contributed by atoms with van der Waals surface area (Å²) in [6.07, 6.45) is 4.71. The molecule has 1 fully saturated rings. The molecule has 1 aliphatic rings. The quantitative estimate of drug-likeness (QED) is 0.714. The summed E-state index contributed by atoms with van der Waals surface area (Å²) < 4.78 is 0. The molecule has 3 heterocycles. The molecule has 0 radical (unpaired) electrons. The number of aromatic nitrogens is 2. The zero-order chi connectivity index (χ0) is 18.0. The largest absolute Gasteiger partial charge is 0.354 e. The van der Waals surface area contributed by atoms with E-state index in [1.165, 1.54) is 11.8 Å². The van der Waals surface area contributed by atoms with Gasteiger partial charge in [0.05, 0.1) is 0 Å². The van der Waals surface area contributed by atoms with E-state index in [-0.39, 0.29) is 11.7 Å². The van der Waals surface area contributed by atoms with Gasteiger partial charge in [-0.05, 0) is 57.7 Å². The van der Waals surface area contributed by atoms with Gasteiger partial charge in [0.25, 0.3) is 5.91 Å². The third-order valence-corrected chi connectivity index (χ3v) is 5.78. The summed E-state index contributed by atoms with van der Waals surface area (Å²) in [4.78, 5) is 33.2. The van der Waals surface area contributed by atoms with Crippen molar-refractivity contribution in [3.63, 3.8) is 0 Å². The number of amides is 1. The van der Waals surface area contributed by atoms with E-state index in [9.17, 15) is 9.59 Å². The molecular formula is C18H24N4O2S. The van der Waals surface area contributed by atoms with Crippen molar-refractivity contribution < 1.29 is 9.59 Å². The Hall–Kier alpha value is -1.99. The maximum Gasteiger partial charge on any atom is 0.274 e. The minimum atomic E-state index is -0.237. The van der Waals surface area contributed by atoms with Gasteiger partial charge in [0.2, 0.25) is 0 Å². The van der Waals surface area contributed by atoms with Crippen LogP contribution in [0.25, 0.3) is 0 Å². The summed E-state index contributed by atoms with van der Waals surface area (Å²) in [7, 11) is 0. The van der Waals surface area contributed by atoms with Crippen LogP contribution in [0.3, 0.4) is 0 Å². The molecule has 7 heteroatoms. The van der Waals surface area contributed by atoms with Crippen LogP contribution in [-0.2, 0) is 6.42 Å². The van der Waals surface area contributed by atoms with Crippen molar-refractivity contribution in [3.05, 3.63) is 33.6 Å². The number of rotatable bonds is 5. The van der Waals surface area contributed by atoms with Crippen LogP contribution in [0, 0.1) is 6.92 Å². The summed E-state index contributed by atoms with van der Waals surface area (Å²) >= 11 is 1.54. The molecular weight excluding hydrogens is 336 g/mol. The SMILES string of the molecule is CCc1c(C(=O)Nc2ncc(C3CCNCC3)s2)[nH]c(C)c1C(C)=O. The van der Waals surface area contributed by atoms with Crippen LogP contribution in [0.2, 0.25) is 0 Å². The predicted octanol–water partition coefficient (Wildman–Crippen LogP) is 3.26. The van der Waals surface area contributed by atoms with Crippen molar-refractivity contribution >= 4 is 28.2 Å². The van der Waals surface area contributed by atoms with Crippen molar-refractivity contribution in [3.8, 4) is 0 Å². The van der Waals surface area contributed by atoms with Crippen molar-refractivity contribution in [2.45, 2.75) is 46.0 Å². The van der Waals surface area contributed by atoms with Crippen molar-refractivity contribution in [2.75, 3.05) is 18.4 Å². The highest BCUT2D eigenvalue weighted by Crippen LogP contribution is 2.32. The highest BCUT2D eigenvalue weighted by Gasteiger charge is 2.23. The Balaban J connectivity index is 1.78. The maximum absolute atomic E-state index is 12.7. The van der Waals surface area contributed by atoms with Gasteiger partial charge < -0.3 is 10.3 Å². The standard InChI is InChI=1S/C18H24N4O2S/c1-4-13-15(11(3)23)10(2)21-16(13)17(24)22-18-20-9-14(25-18)12-5-7-19-8-6-12/h9,12,19,21H,4-8H2,1-3H3,(H,20,22,24). The number of aromatic amines is 1. The van der Waals surface area contributed by atoms with Crippen molar-refractivity contribution in [1.29, 1.82) is 0 Å². The topological polar surface area (TPSA) is 86.9 Å². The molecule has 1 aliphatic heterocycles. The average Bonchev–Trinajstić information content (AvgIpc) is 3.19. The molecule has 1 saturated heterocycles. The van der Waals surface area contributed by atoms with Crippen LogP contribution >= 0.6 is 11.3 Å². The fourth-order valence-electron chi connectivity index (χ4n) is 3.50. The van der Waals surface area contributed by atoms with Gasteiger partial charge in [-0.15, -0.1) is 11.3 Å². The van der Waals surface area contributed by atoms with E-state index >= 15 is 0 Å². The first kappa shape index (κ1) is 17.8. The highest BCUT2D eigenvalue weighted by atomic mass is 32.1. The molecule has 0 saturated carbocycles. The maximum atomic E-state index is 12.7. The summed E-state index contributed by atoms with van der Waals surface area (Å²) in [5, 5.41) is 6.85. The number of nitrogens with zero attached hydrogens (tertiary/aromatic N) is 1. The van der Waals surface area contributed by atoms with Crippen molar-refractivity contribution in [2.24, 2.45) is 0 Å². The lowest BCUT2D eigenvalue weighted by Crippen LogP contribution is -2.26. The molecule has 3 rings (SSSR count). The number of carbonyl (C=O) groups excluding carboxylic acids is 2. The summed E-state index contributed by atoms with van der Waals surface area (Å²) in [5.74, 6) is 0.262. The van der Waals surface area contributed by atoms with E-state index in [4.69, 9.17) is 0 Å². The number of thiazole rings is 1. The van der Waals surface area contributed by atoms with Crippen LogP contribution in [0.5, 0.6) is 0 Å². The molecule has 1 amide bonds. The Kier molecular flexibility index (Phi) is 5.34. The zero-order valence-corrected chi connectivity index (χ0v) is 15.7. The molecule has 0 aliphatic carbocycles. The Morgan fingerprint density at radius 2 is 2.08 bits per heavy atom. The molecule has 6 nitrogen and oxygen atoms in total. The first-order valence-corrected chi connectivity index (χ1v) is 9.53. The second-order valence-electron chi connectivity index (χ2n) is 6.43. The Morgan fingerprint density at radius 3 is 2.72 bits per heavy atom. The third kappa shape index (κ3) is 3.67. The monoisotopic (exact) mass is 360 g/mol. The van der Waals surface area contributed by atoms with E-state index in [2.05, 4.69) is 20.6 Å². The zero-order valence-electron chi connectivity index (χ0n) is 14.9. The van der Waals surface area contributed by atoms with Gasteiger partial charge in [-0.25, -0.2) is 4.98 Å². The smallest absolute Gasteiger partial charge is 0.274 e. The number of piperidine rings is 1. The van der Waals surface area contributed by atoms with Crippen LogP contribution in [0.15, 0.2) is 6.20 Å². The molecule has 0 spiro atoms. The summed E-state index contributed by atoms with van der Waals surface area (Å²) in [6, 6.07) is 0. The Labute approximate surface area is 151 Å². The van der Waals surface area contributed by atoms with E-state index < -0.39 is 0 Å². The van der Waals surface area contributed by atoms with E-state index in [0.717, 1.165) is 37.2 Å². The number of anilines is 1. The number of carbonyl (C=O) groups is 2. The first-order chi connectivity index (χ1) is 12.0. The fourth-order valence-corrected chi connectivity index (χ4v) is 4.48. The lowest BCUT2D eigenvalue weighted by atomic mass is 9.97. The molecule has 134 valence electrons. The van der Waals surface area contributed by atoms with Gasteiger partial charge in [0.15, 0.2) is 10.9 Å². The van der Waals surface area contributed by atoms with Gasteiger partial charge in [0.1, 0.15) is 5.69 Å². The normalized spacial score (nSPS) is 15.3. The second kappa shape index (κ2) is 7.49. The van der Waals surface area contributed by atoms with E-state index in [0.29, 0.717) is 28.7 Å². The summed E-state index contributed by atoms with van der Waals surface area (Å²) in [5.41, 5.74) is 2.60. The molecule has 0 atom stereocenters. The Bertz CT molecular complexity index is 787. The molecule has 0 unspecified atom stereocenters. The lowest BCUT2D eigenvalue weighted by Gasteiger charge is -2.20. The number of hydrogen-bond acceptors (Lipinski definition) is 5. The highest BCUT2D eigenvalue weighted by molar-refractivity contribution is 7.15. The van der Waals surface area contributed by atoms with Crippen molar-refractivity contribution in [1.82, 2.24) is 15.3 Å². The summed E-state index contributed by atoms with van der Waals surface area (Å²) in [6.45, 7) is 7.36. The van der Waals surface area contributed by atoms with Crippen LogP contribution in [0.1, 0.15) is 69.6 Å². The first-order valence-electron chi connectivity index (χ1n) is 8.71. The van der Waals surface area contributed by atoms with Crippen LogP contribution in [-0.4, -0.2) is 34.7 Å². The molecule has 2 aromatic heterocycles. The van der Waals surface area contributed by atoms with Gasteiger partial charge in [-0.3, -0.25) is 14.9 Å². The number of aryl methyl sites for hydroxylation is 1. The van der Waals surface area contributed by atoms with Crippen LogP contribution in [0.4, 0.5) is 5.13 Å². The molecule has 25 heavy (non-hydrogen) atoms. The molecule has 0 aromatic carbocycles. The van der Waals surface area contributed by atoms with Gasteiger partial charge in [-0.2, -0.15) is 0 Å². The fraction of sp³-hybridized carbons (Fsp3) is 0.500. The minimum Gasteiger partial charge on any atom is -0.354 e. The predicted molar refractivity (Wildman–Crippen MR) is 99.8 cm³/mol. The Morgan fingerprint density at radius 1 is 1.36 bits per heavy atom. The third-order valence-electron chi connectivity index (χ3n) is 4.71. The van der Waals surface area contributed by atoms with E-state index in [1.54, 1.807) is 11.3 Å². The molecule has 3 N–H and O–H groups in total. The lowest BCUT2D eigenvalue weighted by molar-refractivity contribution is 0.101. The molecule has 0 bridgehead atoms. The molecule has 2 aromatic rings. The van der Waals surface area contributed by atoms with E-state index in [1.807, 2.05) is 20.0 Å².